The summed E-state index contributed by atoms with van der Waals surface area (Å²) < 4.78 is 10.6. The molecule has 2 rings (SSSR count). The highest BCUT2D eigenvalue weighted by molar-refractivity contribution is 5.46. The molecular weight excluding hydrogens is 242 g/mol. The first-order valence-corrected chi connectivity index (χ1v) is 6.26. The van der Waals surface area contributed by atoms with Crippen molar-refractivity contribution >= 4 is 0 Å². The van der Waals surface area contributed by atoms with Crippen molar-refractivity contribution in [3.8, 4) is 17.6 Å². The van der Waals surface area contributed by atoms with Gasteiger partial charge in [-0.3, -0.25) is 4.90 Å². The quantitative estimate of drug-likeness (QED) is 0.803. The zero-order chi connectivity index (χ0) is 13.8. The fourth-order valence-electron chi connectivity index (χ4n) is 2.00. The Kier molecular flexibility index (Phi) is 4.25. The van der Waals surface area contributed by atoms with E-state index in [9.17, 15) is 5.26 Å². The summed E-state index contributed by atoms with van der Waals surface area (Å²) in [4.78, 5) is 4.14. The summed E-state index contributed by atoms with van der Waals surface area (Å²) in [6.45, 7) is 2.01. The van der Waals surface area contributed by atoms with Crippen molar-refractivity contribution in [3.05, 3.63) is 23.8 Å². The molecule has 0 fully saturated rings. The average molecular weight is 261 g/mol. The molecule has 0 aliphatic carbocycles. The molecular formula is C14H19N3O2. The van der Waals surface area contributed by atoms with Crippen molar-refractivity contribution < 1.29 is 9.47 Å². The van der Waals surface area contributed by atoms with Crippen LogP contribution in [0.1, 0.15) is 11.6 Å². The molecule has 1 aliphatic heterocycles. The van der Waals surface area contributed by atoms with Gasteiger partial charge in [0.2, 0.25) is 6.79 Å². The van der Waals surface area contributed by atoms with Gasteiger partial charge in [-0.05, 0) is 38.8 Å². The number of benzene rings is 1. The lowest BCUT2D eigenvalue weighted by molar-refractivity contribution is 0.174. The molecule has 0 spiro atoms. The van der Waals surface area contributed by atoms with Gasteiger partial charge in [-0.1, -0.05) is 6.07 Å². The van der Waals surface area contributed by atoms with Crippen LogP contribution in [0.4, 0.5) is 0 Å². The Labute approximate surface area is 113 Å². The smallest absolute Gasteiger partial charge is 0.231 e. The lowest BCUT2D eigenvalue weighted by Crippen LogP contribution is -2.31. The topological polar surface area (TPSA) is 48.7 Å². The van der Waals surface area contributed by atoms with E-state index in [1.54, 1.807) is 0 Å². The van der Waals surface area contributed by atoms with Gasteiger partial charge in [0.05, 0.1) is 6.07 Å². The minimum Gasteiger partial charge on any atom is -0.454 e. The van der Waals surface area contributed by atoms with Crippen LogP contribution < -0.4 is 9.47 Å². The van der Waals surface area contributed by atoms with Crippen molar-refractivity contribution in [3.63, 3.8) is 0 Å². The SMILES string of the molecule is CN(C)CCN(C)C(C#N)c1ccc2c(c1)OCO2. The summed E-state index contributed by atoms with van der Waals surface area (Å²) in [5.74, 6) is 1.47. The van der Waals surface area contributed by atoms with Crippen LogP contribution in [0, 0.1) is 11.3 Å². The van der Waals surface area contributed by atoms with E-state index in [0.29, 0.717) is 0 Å². The van der Waals surface area contributed by atoms with E-state index >= 15 is 0 Å². The Morgan fingerprint density at radius 1 is 1.21 bits per heavy atom. The van der Waals surface area contributed by atoms with Crippen LogP contribution in [0.2, 0.25) is 0 Å². The first-order valence-electron chi connectivity index (χ1n) is 6.26. The normalized spacial score (nSPS) is 14.7. The summed E-state index contributed by atoms with van der Waals surface area (Å²) in [6.07, 6.45) is 0. The third-order valence-corrected chi connectivity index (χ3v) is 3.18. The maximum atomic E-state index is 9.39. The Morgan fingerprint density at radius 2 is 1.95 bits per heavy atom. The molecule has 5 heteroatoms. The van der Waals surface area contributed by atoms with Gasteiger partial charge in [0.1, 0.15) is 6.04 Å². The summed E-state index contributed by atoms with van der Waals surface area (Å²) in [6, 6.07) is 7.75. The average Bonchev–Trinajstić information content (AvgIpc) is 2.84. The largest absolute Gasteiger partial charge is 0.454 e. The molecule has 0 aromatic heterocycles. The molecule has 1 aromatic rings. The zero-order valence-electron chi connectivity index (χ0n) is 11.6. The molecule has 0 amide bonds. The first-order chi connectivity index (χ1) is 9.11. The lowest BCUT2D eigenvalue weighted by atomic mass is 10.1. The van der Waals surface area contributed by atoms with Gasteiger partial charge in [-0.2, -0.15) is 5.26 Å². The fourth-order valence-corrected chi connectivity index (χ4v) is 2.00. The fraction of sp³-hybridized carbons (Fsp3) is 0.500. The summed E-state index contributed by atoms with van der Waals surface area (Å²) >= 11 is 0. The summed E-state index contributed by atoms with van der Waals surface area (Å²) in [5.41, 5.74) is 0.938. The Bertz CT molecular complexity index is 482. The Morgan fingerprint density at radius 3 is 2.63 bits per heavy atom. The van der Waals surface area contributed by atoms with E-state index in [-0.39, 0.29) is 12.8 Å². The van der Waals surface area contributed by atoms with Gasteiger partial charge in [-0.25, -0.2) is 0 Å². The highest BCUT2D eigenvalue weighted by atomic mass is 16.7. The molecule has 19 heavy (non-hydrogen) atoms. The van der Waals surface area contributed by atoms with E-state index in [0.717, 1.165) is 30.2 Å². The van der Waals surface area contributed by atoms with Crippen LogP contribution in [-0.2, 0) is 0 Å². The second-order valence-corrected chi connectivity index (χ2v) is 4.93. The number of nitrogens with zero attached hydrogens (tertiary/aromatic N) is 3. The van der Waals surface area contributed by atoms with Crippen LogP contribution in [-0.4, -0.2) is 50.8 Å². The number of nitriles is 1. The van der Waals surface area contributed by atoms with Crippen LogP contribution in [0.25, 0.3) is 0 Å². The molecule has 0 saturated carbocycles. The van der Waals surface area contributed by atoms with E-state index in [2.05, 4.69) is 11.0 Å². The summed E-state index contributed by atoms with van der Waals surface area (Å²) in [5, 5.41) is 9.39. The minimum absolute atomic E-state index is 0.256. The number of likely N-dealkylation sites (N-methyl/N-ethyl adjacent to an activating group) is 2. The monoisotopic (exact) mass is 261 g/mol. The number of ether oxygens (including phenoxy) is 2. The molecule has 0 N–H and O–H groups in total. The van der Waals surface area contributed by atoms with E-state index in [4.69, 9.17) is 9.47 Å². The number of hydrogen-bond acceptors (Lipinski definition) is 5. The highest BCUT2D eigenvalue weighted by Crippen LogP contribution is 2.35. The molecule has 0 bridgehead atoms. The van der Waals surface area contributed by atoms with Crippen molar-refractivity contribution in [1.82, 2.24) is 9.80 Å². The van der Waals surface area contributed by atoms with Gasteiger partial charge in [0, 0.05) is 13.1 Å². The van der Waals surface area contributed by atoms with Crippen LogP contribution in [0.5, 0.6) is 11.5 Å². The second kappa shape index (κ2) is 5.91. The predicted molar refractivity (Wildman–Crippen MR) is 72.1 cm³/mol. The Balaban J connectivity index is 2.11. The third kappa shape index (κ3) is 3.16. The minimum atomic E-state index is -0.269. The molecule has 1 atom stereocenters. The molecule has 1 aliphatic rings. The van der Waals surface area contributed by atoms with Crippen LogP contribution in [0.3, 0.4) is 0 Å². The maximum absolute atomic E-state index is 9.39. The van der Waals surface area contributed by atoms with Crippen molar-refractivity contribution in [1.29, 1.82) is 5.26 Å². The molecule has 1 unspecified atom stereocenters. The van der Waals surface area contributed by atoms with E-state index in [1.807, 2.05) is 44.2 Å². The number of fused-ring (bicyclic) bond motifs is 1. The second-order valence-electron chi connectivity index (χ2n) is 4.93. The van der Waals surface area contributed by atoms with Gasteiger partial charge in [-0.15, -0.1) is 0 Å². The van der Waals surface area contributed by atoms with Gasteiger partial charge >= 0.3 is 0 Å². The molecule has 0 radical (unpaired) electrons. The number of hydrogen-bond donors (Lipinski definition) is 0. The molecule has 102 valence electrons. The molecule has 0 saturated heterocycles. The third-order valence-electron chi connectivity index (χ3n) is 3.18. The van der Waals surface area contributed by atoms with Crippen molar-refractivity contribution in [2.24, 2.45) is 0 Å². The van der Waals surface area contributed by atoms with Crippen LogP contribution in [0.15, 0.2) is 18.2 Å². The first kappa shape index (κ1) is 13.7. The van der Waals surface area contributed by atoms with Crippen molar-refractivity contribution in [2.75, 3.05) is 41.0 Å². The number of rotatable bonds is 5. The Hall–Kier alpha value is -1.77. The van der Waals surface area contributed by atoms with Crippen molar-refractivity contribution in [2.45, 2.75) is 6.04 Å². The molecule has 1 aromatic carbocycles. The van der Waals surface area contributed by atoms with Gasteiger partial charge < -0.3 is 14.4 Å². The molecule has 5 nitrogen and oxygen atoms in total. The van der Waals surface area contributed by atoms with E-state index < -0.39 is 0 Å². The highest BCUT2D eigenvalue weighted by Gasteiger charge is 2.20. The zero-order valence-corrected chi connectivity index (χ0v) is 11.6. The standard InChI is InChI=1S/C14H19N3O2/c1-16(2)6-7-17(3)12(9-15)11-4-5-13-14(8-11)19-10-18-13/h4-5,8,12H,6-7,10H2,1-3H3. The summed E-state index contributed by atoms with van der Waals surface area (Å²) in [7, 11) is 6.01. The van der Waals surface area contributed by atoms with Gasteiger partial charge in [0.25, 0.3) is 0 Å². The lowest BCUT2D eigenvalue weighted by Gasteiger charge is -2.24. The van der Waals surface area contributed by atoms with Gasteiger partial charge in [0.15, 0.2) is 11.5 Å². The maximum Gasteiger partial charge on any atom is 0.231 e. The van der Waals surface area contributed by atoms with E-state index in [1.165, 1.54) is 0 Å². The molecule has 1 heterocycles. The van der Waals surface area contributed by atoms with Crippen LogP contribution >= 0.6 is 0 Å². The predicted octanol–water partition coefficient (Wildman–Crippen LogP) is 1.47.